The van der Waals surface area contributed by atoms with Gasteiger partial charge in [-0.1, -0.05) is 0 Å². The minimum absolute atomic E-state index is 0.123. The lowest BCUT2D eigenvalue weighted by atomic mass is 9.93. The third kappa shape index (κ3) is 3.32. The number of aromatic nitrogens is 2. The van der Waals surface area contributed by atoms with Crippen LogP contribution in [0.4, 0.5) is 0 Å². The van der Waals surface area contributed by atoms with E-state index in [4.69, 9.17) is 5.11 Å². The third-order valence-corrected chi connectivity index (χ3v) is 4.14. The molecule has 1 saturated heterocycles. The molecule has 6 heteroatoms. The van der Waals surface area contributed by atoms with Crippen molar-refractivity contribution in [1.82, 2.24) is 15.3 Å². The molecule has 0 unspecified atom stereocenters. The highest BCUT2D eigenvalue weighted by Crippen LogP contribution is 2.29. The molecule has 2 heterocycles. The Labute approximate surface area is 134 Å². The molecule has 2 aromatic rings. The fraction of sp³-hybridized carbons (Fsp3) is 0.353. The van der Waals surface area contributed by atoms with Crippen molar-refractivity contribution in [1.29, 1.82) is 0 Å². The van der Waals surface area contributed by atoms with Crippen LogP contribution >= 0.6 is 0 Å². The van der Waals surface area contributed by atoms with Gasteiger partial charge in [0.25, 0.3) is 0 Å². The summed E-state index contributed by atoms with van der Waals surface area (Å²) in [7, 11) is 0. The van der Waals surface area contributed by atoms with E-state index in [9.17, 15) is 9.90 Å². The largest absolute Gasteiger partial charge is 0.507 e. The zero-order chi connectivity index (χ0) is 16.4. The first kappa shape index (κ1) is 15.4. The second-order valence-corrected chi connectivity index (χ2v) is 5.79. The van der Waals surface area contributed by atoms with Gasteiger partial charge in [-0.05, 0) is 57.1 Å². The number of hydrogen-bond acceptors (Lipinski definition) is 5. The predicted molar refractivity (Wildman–Crippen MR) is 85.7 cm³/mol. The van der Waals surface area contributed by atoms with Gasteiger partial charge in [0, 0.05) is 17.2 Å². The van der Waals surface area contributed by atoms with Crippen LogP contribution < -0.4 is 5.32 Å². The molecule has 6 nitrogen and oxygen atoms in total. The quantitative estimate of drug-likeness (QED) is 0.805. The van der Waals surface area contributed by atoms with Gasteiger partial charge in [0.2, 0.25) is 0 Å². The Hall–Kier alpha value is -2.47. The topological polar surface area (TPSA) is 95.3 Å². The van der Waals surface area contributed by atoms with E-state index >= 15 is 0 Å². The van der Waals surface area contributed by atoms with Crippen LogP contribution in [0.3, 0.4) is 0 Å². The van der Waals surface area contributed by atoms with Crippen molar-refractivity contribution < 1.29 is 15.0 Å². The van der Waals surface area contributed by atoms with Gasteiger partial charge in [-0.2, -0.15) is 0 Å². The van der Waals surface area contributed by atoms with E-state index < -0.39 is 5.97 Å². The van der Waals surface area contributed by atoms with Gasteiger partial charge < -0.3 is 15.5 Å². The number of carboxylic acid groups (broad SMARTS) is 1. The summed E-state index contributed by atoms with van der Waals surface area (Å²) >= 11 is 0. The number of rotatable bonds is 3. The molecule has 0 radical (unpaired) electrons. The molecule has 1 fully saturated rings. The summed E-state index contributed by atoms with van der Waals surface area (Å²) in [6, 6.07) is 6.45. The van der Waals surface area contributed by atoms with Crippen molar-refractivity contribution in [2.24, 2.45) is 0 Å². The maximum Gasteiger partial charge on any atom is 0.339 e. The summed E-state index contributed by atoms with van der Waals surface area (Å²) in [4.78, 5) is 20.2. The molecule has 0 aliphatic carbocycles. The molecule has 0 saturated carbocycles. The van der Waals surface area contributed by atoms with Crippen molar-refractivity contribution in [2.75, 3.05) is 13.1 Å². The Morgan fingerprint density at radius 1 is 1.22 bits per heavy atom. The van der Waals surface area contributed by atoms with Crippen molar-refractivity contribution in [3.8, 4) is 17.0 Å². The number of carbonyl (C=O) groups is 1. The van der Waals surface area contributed by atoms with Crippen LogP contribution in [0.15, 0.2) is 24.3 Å². The molecular weight excluding hydrogens is 294 g/mol. The maximum atomic E-state index is 11.2. The number of piperidine rings is 1. The monoisotopic (exact) mass is 313 g/mol. The zero-order valence-corrected chi connectivity index (χ0v) is 12.9. The summed E-state index contributed by atoms with van der Waals surface area (Å²) in [5, 5.41) is 22.1. The van der Waals surface area contributed by atoms with Gasteiger partial charge in [0.15, 0.2) is 0 Å². The molecular formula is C17H19N3O3. The lowest BCUT2D eigenvalue weighted by molar-refractivity contribution is 0.0694. The van der Waals surface area contributed by atoms with Gasteiger partial charge in [0.1, 0.15) is 17.1 Å². The molecule has 0 spiro atoms. The second kappa shape index (κ2) is 6.34. The normalized spacial score (nSPS) is 15.5. The molecule has 3 rings (SSSR count). The molecule has 1 aliphatic heterocycles. The summed E-state index contributed by atoms with van der Waals surface area (Å²) in [6.07, 6.45) is 2.07. The molecule has 1 aromatic heterocycles. The van der Waals surface area contributed by atoms with Crippen LogP contribution in [-0.4, -0.2) is 39.2 Å². The lowest BCUT2D eigenvalue weighted by Gasteiger charge is -2.22. The number of aromatic carboxylic acids is 1. The number of benzene rings is 1. The van der Waals surface area contributed by atoms with Crippen molar-refractivity contribution in [3.63, 3.8) is 0 Å². The smallest absolute Gasteiger partial charge is 0.339 e. The molecule has 120 valence electrons. The van der Waals surface area contributed by atoms with E-state index in [1.807, 2.05) is 13.0 Å². The van der Waals surface area contributed by atoms with E-state index in [1.54, 1.807) is 6.07 Å². The Bertz CT molecular complexity index is 740. The minimum atomic E-state index is -1.16. The molecule has 0 bridgehead atoms. The third-order valence-electron chi connectivity index (χ3n) is 4.14. The van der Waals surface area contributed by atoms with E-state index in [-0.39, 0.29) is 11.3 Å². The summed E-state index contributed by atoms with van der Waals surface area (Å²) in [5.74, 6) is -0.340. The van der Waals surface area contributed by atoms with Gasteiger partial charge in [-0.15, -0.1) is 0 Å². The van der Waals surface area contributed by atoms with Crippen molar-refractivity contribution in [3.05, 3.63) is 41.3 Å². The van der Waals surface area contributed by atoms with Crippen LogP contribution in [-0.2, 0) is 0 Å². The van der Waals surface area contributed by atoms with Gasteiger partial charge >= 0.3 is 5.97 Å². The minimum Gasteiger partial charge on any atom is -0.507 e. The number of carboxylic acids is 1. The van der Waals surface area contributed by atoms with Gasteiger partial charge in [-0.3, -0.25) is 0 Å². The molecule has 0 amide bonds. The van der Waals surface area contributed by atoms with Crippen LogP contribution in [0, 0.1) is 6.92 Å². The molecule has 1 aromatic carbocycles. The summed E-state index contributed by atoms with van der Waals surface area (Å²) in [5.41, 5.74) is 2.23. The van der Waals surface area contributed by atoms with E-state index in [1.165, 1.54) is 12.1 Å². The van der Waals surface area contributed by atoms with E-state index in [0.717, 1.165) is 31.6 Å². The van der Waals surface area contributed by atoms with Crippen LogP contribution in [0.25, 0.3) is 11.3 Å². The number of nitrogens with zero attached hydrogens (tertiary/aromatic N) is 2. The average Bonchev–Trinajstić information content (AvgIpc) is 2.55. The SMILES string of the molecule is Cc1nc(-c2ccc(O)c(C(=O)O)c2)cc(C2CCNCC2)n1. The van der Waals surface area contributed by atoms with Gasteiger partial charge in [-0.25, -0.2) is 14.8 Å². The van der Waals surface area contributed by atoms with Crippen LogP contribution in [0.5, 0.6) is 5.75 Å². The molecule has 1 aliphatic rings. The Kier molecular flexibility index (Phi) is 4.25. The summed E-state index contributed by atoms with van der Waals surface area (Å²) in [6.45, 7) is 3.80. The fourth-order valence-electron chi connectivity index (χ4n) is 2.93. The van der Waals surface area contributed by atoms with Crippen LogP contribution in [0.2, 0.25) is 0 Å². The molecule has 23 heavy (non-hydrogen) atoms. The molecule has 0 atom stereocenters. The fourth-order valence-corrected chi connectivity index (χ4v) is 2.93. The van der Waals surface area contributed by atoms with Crippen molar-refractivity contribution in [2.45, 2.75) is 25.7 Å². The number of phenols is 1. The van der Waals surface area contributed by atoms with E-state index in [0.29, 0.717) is 23.0 Å². The number of hydrogen-bond donors (Lipinski definition) is 3. The first-order valence-corrected chi connectivity index (χ1v) is 7.67. The summed E-state index contributed by atoms with van der Waals surface area (Å²) < 4.78 is 0. The first-order chi connectivity index (χ1) is 11.0. The molecule has 3 N–H and O–H groups in total. The Morgan fingerprint density at radius 2 is 1.96 bits per heavy atom. The number of nitrogens with one attached hydrogen (secondary N) is 1. The highest BCUT2D eigenvalue weighted by molar-refractivity contribution is 5.92. The zero-order valence-electron chi connectivity index (χ0n) is 12.9. The van der Waals surface area contributed by atoms with Gasteiger partial charge in [0.05, 0.1) is 5.69 Å². The van der Waals surface area contributed by atoms with Crippen molar-refractivity contribution >= 4 is 5.97 Å². The highest BCUT2D eigenvalue weighted by atomic mass is 16.4. The average molecular weight is 313 g/mol. The van der Waals surface area contributed by atoms with E-state index in [2.05, 4.69) is 15.3 Å². The van der Waals surface area contributed by atoms with Crippen LogP contribution in [0.1, 0.15) is 40.6 Å². The second-order valence-electron chi connectivity index (χ2n) is 5.79. The number of aromatic hydroxyl groups is 1. The Morgan fingerprint density at radius 3 is 2.65 bits per heavy atom. The standard InChI is InChI=1S/C17H19N3O3/c1-10-19-14(11-4-6-18-7-5-11)9-15(20-10)12-2-3-16(21)13(8-12)17(22)23/h2-3,8-9,11,18,21H,4-7H2,1H3,(H,22,23). The predicted octanol–water partition coefficient (Wildman–Crippen LogP) is 2.32. The first-order valence-electron chi connectivity index (χ1n) is 7.67. The Balaban J connectivity index is 2.01. The number of aryl methyl sites for hydroxylation is 1. The highest BCUT2D eigenvalue weighted by Gasteiger charge is 2.19. The maximum absolute atomic E-state index is 11.2. The lowest BCUT2D eigenvalue weighted by Crippen LogP contribution is -2.27.